The second-order valence-corrected chi connectivity index (χ2v) is 9.86. The quantitative estimate of drug-likeness (QED) is 0.533. The Morgan fingerprint density at radius 3 is 1.83 bits per heavy atom. The summed E-state index contributed by atoms with van der Waals surface area (Å²) in [5.41, 5.74) is 3.04. The standard InChI is InChI=1S/C25H33N3S2/c1-10-13-29-23-15(4)20-19(12-3)26-25-22(17(6)27(8)18(7)28(25)9)21(20)16(5)24(23)30-14-11-2/h4-7,10-14H2,1-3,8-9H3. The first-order valence-electron chi connectivity index (χ1n) is 10.6. The third-order valence-electron chi connectivity index (χ3n) is 5.63. The molecule has 3 rings (SSSR count). The second-order valence-electron chi connectivity index (χ2n) is 7.65. The van der Waals surface area contributed by atoms with Crippen molar-refractivity contribution in [3.05, 3.63) is 40.7 Å². The number of aryl methyl sites for hydroxylation is 1. The number of aromatic nitrogens is 1. The van der Waals surface area contributed by atoms with E-state index >= 15 is 0 Å². The maximum absolute atomic E-state index is 5.09. The molecular weight excluding hydrogens is 406 g/mol. The Hall–Kier alpha value is -1.85. The maximum atomic E-state index is 5.09. The van der Waals surface area contributed by atoms with Crippen LogP contribution in [-0.4, -0.2) is 35.5 Å². The van der Waals surface area contributed by atoms with E-state index in [1.165, 1.54) is 9.79 Å². The van der Waals surface area contributed by atoms with E-state index in [0.717, 1.165) is 80.6 Å². The van der Waals surface area contributed by atoms with Gasteiger partial charge in [-0.15, -0.1) is 23.5 Å². The Labute approximate surface area is 189 Å². The number of benzene rings is 1. The Bertz CT molecular complexity index is 1120. The normalized spacial score (nSPS) is 14.0. The molecule has 0 atom stereocenters. The van der Waals surface area contributed by atoms with Gasteiger partial charge in [-0.2, -0.15) is 0 Å². The fourth-order valence-corrected chi connectivity index (χ4v) is 6.14. The minimum atomic E-state index is 0.841. The van der Waals surface area contributed by atoms with Crippen LogP contribution < -0.4 is 15.3 Å². The van der Waals surface area contributed by atoms with Gasteiger partial charge in [0.2, 0.25) is 0 Å². The van der Waals surface area contributed by atoms with E-state index in [1.54, 1.807) is 0 Å². The number of hydrogen-bond donors (Lipinski definition) is 0. The Morgan fingerprint density at radius 1 is 0.800 bits per heavy atom. The van der Waals surface area contributed by atoms with Gasteiger partial charge in [0.25, 0.3) is 0 Å². The number of nitrogens with zero attached hydrogens (tertiary/aromatic N) is 3. The van der Waals surface area contributed by atoms with Crippen molar-refractivity contribution in [1.82, 2.24) is 9.88 Å². The molecule has 1 aliphatic heterocycles. The lowest BCUT2D eigenvalue weighted by Crippen LogP contribution is -2.36. The Kier molecular flexibility index (Phi) is 6.93. The van der Waals surface area contributed by atoms with E-state index in [4.69, 9.17) is 4.98 Å². The van der Waals surface area contributed by atoms with Crippen molar-refractivity contribution < 1.29 is 0 Å². The lowest BCUT2D eigenvalue weighted by molar-refractivity contribution is 0.564. The third-order valence-corrected chi connectivity index (χ3v) is 8.46. The van der Waals surface area contributed by atoms with Crippen molar-refractivity contribution in [2.45, 2.75) is 49.8 Å². The van der Waals surface area contributed by atoms with Crippen LogP contribution in [0, 0.1) is 0 Å². The number of rotatable bonds is 7. The fourth-order valence-electron chi connectivity index (χ4n) is 3.90. The van der Waals surface area contributed by atoms with Gasteiger partial charge in [-0.25, -0.2) is 4.98 Å². The highest BCUT2D eigenvalue weighted by Gasteiger charge is 2.30. The van der Waals surface area contributed by atoms with Crippen LogP contribution in [0.2, 0.25) is 0 Å². The molecule has 1 aliphatic rings. The van der Waals surface area contributed by atoms with E-state index < -0.39 is 0 Å². The Balaban J connectivity index is 2.51. The molecule has 160 valence electrons. The van der Waals surface area contributed by atoms with Gasteiger partial charge in [0.05, 0.1) is 5.69 Å². The number of hydrogen-bond acceptors (Lipinski definition) is 5. The molecule has 0 saturated carbocycles. The van der Waals surface area contributed by atoms with E-state index in [2.05, 4.69) is 52.0 Å². The molecule has 0 spiro atoms. The molecule has 2 aromatic rings. The zero-order valence-corrected chi connectivity index (χ0v) is 20.7. The molecule has 0 N–H and O–H groups in total. The van der Waals surface area contributed by atoms with Gasteiger partial charge in [-0.05, 0) is 41.2 Å². The van der Waals surface area contributed by atoms with Crippen molar-refractivity contribution in [1.29, 1.82) is 0 Å². The van der Waals surface area contributed by atoms with E-state index in [9.17, 15) is 0 Å². The fraction of sp³-hybridized carbons (Fsp3) is 0.400. The largest absolute Gasteiger partial charge is 0.331 e. The molecule has 30 heavy (non-hydrogen) atoms. The molecule has 0 bridgehead atoms. The zero-order valence-electron chi connectivity index (χ0n) is 19.0. The molecule has 0 amide bonds. The zero-order chi connectivity index (χ0) is 22.2. The summed E-state index contributed by atoms with van der Waals surface area (Å²) in [5, 5.41) is 4.47. The first-order chi connectivity index (χ1) is 14.3. The minimum Gasteiger partial charge on any atom is -0.331 e. The summed E-state index contributed by atoms with van der Waals surface area (Å²) < 4.78 is 0. The van der Waals surface area contributed by atoms with Gasteiger partial charge < -0.3 is 9.80 Å². The second kappa shape index (κ2) is 9.11. The van der Waals surface area contributed by atoms with Crippen LogP contribution >= 0.6 is 23.5 Å². The molecule has 2 heterocycles. The summed E-state index contributed by atoms with van der Waals surface area (Å²) in [6, 6.07) is 0. The lowest BCUT2D eigenvalue weighted by Gasteiger charge is -2.38. The van der Waals surface area contributed by atoms with Gasteiger partial charge in [0.15, 0.2) is 0 Å². The number of anilines is 1. The minimum absolute atomic E-state index is 0.841. The smallest absolute Gasteiger partial charge is 0.144 e. The summed E-state index contributed by atoms with van der Waals surface area (Å²) in [6.07, 6.45) is 3.09. The number of thioether (sulfide) groups is 2. The van der Waals surface area contributed by atoms with E-state index in [0.29, 0.717) is 0 Å². The van der Waals surface area contributed by atoms with Crippen molar-refractivity contribution in [2.24, 2.45) is 0 Å². The van der Waals surface area contributed by atoms with Gasteiger partial charge in [0, 0.05) is 45.9 Å². The first kappa shape index (κ1) is 22.8. The van der Waals surface area contributed by atoms with Crippen molar-refractivity contribution in [3.8, 4) is 0 Å². The van der Waals surface area contributed by atoms with Gasteiger partial charge in [-0.1, -0.05) is 47.1 Å². The van der Waals surface area contributed by atoms with Gasteiger partial charge >= 0.3 is 0 Å². The third kappa shape index (κ3) is 3.56. The van der Waals surface area contributed by atoms with Crippen molar-refractivity contribution in [3.63, 3.8) is 0 Å². The highest BCUT2D eigenvalue weighted by atomic mass is 32.2. The van der Waals surface area contributed by atoms with E-state index in [-0.39, 0.29) is 0 Å². The monoisotopic (exact) mass is 439 g/mol. The summed E-state index contributed by atoms with van der Waals surface area (Å²) in [6.45, 7) is 24.4. The summed E-state index contributed by atoms with van der Waals surface area (Å²) in [4.78, 5) is 11.7. The molecule has 0 aliphatic carbocycles. The molecule has 0 saturated heterocycles. The first-order valence-corrected chi connectivity index (χ1v) is 12.6. The lowest BCUT2D eigenvalue weighted by atomic mass is 9.96. The van der Waals surface area contributed by atoms with Crippen molar-refractivity contribution in [2.75, 3.05) is 30.5 Å². The van der Waals surface area contributed by atoms with Crippen LogP contribution in [0.15, 0.2) is 28.8 Å². The molecule has 5 heteroatoms. The molecular formula is C25H33N3S2. The molecule has 0 unspecified atom stereocenters. The van der Waals surface area contributed by atoms with Crippen LogP contribution in [0.4, 0.5) is 5.82 Å². The molecule has 0 fully saturated rings. The summed E-state index contributed by atoms with van der Waals surface area (Å²) >= 11 is 3.81. The maximum Gasteiger partial charge on any atom is 0.144 e. The average Bonchev–Trinajstić information content (AvgIpc) is 2.75. The van der Waals surface area contributed by atoms with Crippen molar-refractivity contribution >= 4 is 59.0 Å². The Morgan fingerprint density at radius 2 is 1.33 bits per heavy atom. The molecule has 3 nitrogen and oxygen atoms in total. The van der Waals surface area contributed by atoms with Crippen LogP contribution in [0.5, 0.6) is 0 Å². The van der Waals surface area contributed by atoms with Crippen LogP contribution in [0.3, 0.4) is 0 Å². The van der Waals surface area contributed by atoms with Crippen LogP contribution in [-0.2, 0) is 6.42 Å². The van der Waals surface area contributed by atoms with Gasteiger partial charge in [0.1, 0.15) is 11.6 Å². The predicted molar refractivity (Wildman–Crippen MR) is 138 cm³/mol. The molecule has 1 aromatic carbocycles. The van der Waals surface area contributed by atoms with Crippen LogP contribution in [0.25, 0.3) is 29.6 Å². The summed E-state index contributed by atoms with van der Waals surface area (Å²) in [7, 11) is 4.03. The predicted octanol–water partition coefficient (Wildman–Crippen LogP) is 5.45. The average molecular weight is 440 g/mol. The topological polar surface area (TPSA) is 19.4 Å². The number of fused-ring (bicyclic) bond motifs is 3. The van der Waals surface area contributed by atoms with Gasteiger partial charge in [-0.3, -0.25) is 0 Å². The van der Waals surface area contributed by atoms with E-state index in [1.807, 2.05) is 42.5 Å². The number of pyridine rings is 1. The summed E-state index contributed by atoms with van der Waals surface area (Å²) in [5.74, 6) is 3.93. The highest BCUT2D eigenvalue weighted by molar-refractivity contribution is 8.02. The van der Waals surface area contributed by atoms with Crippen LogP contribution in [0.1, 0.15) is 44.9 Å². The molecule has 1 aromatic heterocycles. The highest BCUT2D eigenvalue weighted by Crippen LogP contribution is 2.40. The molecule has 0 radical (unpaired) electrons. The SMILES string of the molecule is C=C1c2c(nc(CC)c3c(=C)c(SCCC)c(SCCC)c(=C)c23)N(C)C(=C)N1C.